The van der Waals surface area contributed by atoms with E-state index in [0.717, 1.165) is 78.5 Å². The molecule has 0 heterocycles. The number of hydrogen-bond acceptors (Lipinski definition) is 8. The normalized spacial score (nSPS) is 10.7. The molecule has 0 bridgehead atoms. The van der Waals surface area contributed by atoms with Gasteiger partial charge in [0.1, 0.15) is 23.9 Å². The lowest BCUT2D eigenvalue weighted by molar-refractivity contribution is -0.145. The highest BCUT2D eigenvalue weighted by atomic mass is 32.2. The molecule has 0 saturated heterocycles. The number of carbonyl (C=O) groups excluding carboxylic acids is 2. The first-order valence-electron chi connectivity index (χ1n) is 27.7. The van der Waals surface area contributed by atoms with E-state index in [2.05, 4.69) is 149 Å². The third kappa shape index (κ3) is 21.4. The van der Waals surface area contributed by atoms with Gasteiger partial charge in [-0.25, -0.2) is 0 Å². The third-order valence-electron chi connectivity index (χ3n) is 14.3. The topological polar surface area (TPSA) is 125 Å². The van der Waals surface area contributed by atoms with Gasteiger partial charge >= 0.3 is 5.97 Å². The number of aromatic hydroxyl groups is 3. The van der Waals surface area contributed by atoms with Crippen molar-refractivity contribution in [2.24, 2.45) is 0 Å². The minimum atomic E-state index is -0.157. The van der Waals surface area contributed by atoms with Crippen molar-refractivity contribution in [3.63, 3.8) is 0 Å². The zero-order chi connectivity index (χ0) is 57.5. The first kappa shape index (κ1) is 65.3. The number of benzene rings is 6. The van der Waals surface area contributed by atoms with Crippen molar-refractivity contribution in [3.8, 4) is 17.2 Å². The maximum atomic E-state index is 11.6. The molecule has 8 nitrogen and oxygen atoms in total. The molecule has 0 radical (unpaired) electrons. The molecule has 0 saturated carbocycles. The first-order valence-corrected chi connectivity index (χ1v) is 28.5. The molecular formula is C68H93NO7S. The standard InChI is InChI=1S/C20H26O2.C16H25NO.C16H24O3.C16H18OS/c1-6-7-16(17-8-14(4)19(21)10-12(17)2)18-9-15(5)20(22)11-13(18)3;1-5-6-9-17-16(18)8-7-15-10-12(2)14(4)13(3)11-15;1-5-18-8-9-19-16(17)7-6-15-10-12(2)14(4)13(3)11-15;1-10-5-6-11(2)15(7-10)18-16-9-12(3)14(17)8-13(16)4/h8-11,16,21-22H,6-7H2,1-5H3;10-11H,5-9H2,1-4H3,(H,17,18);10-11H,5-9H2,1-4H3;5-9,17H,1-4H3. The van der Waals surface area contributed by atoms with Gasteiger partial charge in [0.05, 0.1) is 6.61 Å². The van der Waals surface area contributed by atoms with Gasteiger partial charge in [-0.15, -0.1) is 0 Å². The predicted molar refractivity (Wildman–Crippen MR) is 323 cm³/mol. The number of phenolic OH excluding ortho intramolecular Hbond substituents is 3. The highest BCUT2D eigenvalue weighted by Gasteiger charge is 2.20. The first-order chi connectivity index (χ1) is 36.4. The third-order valence-corrected chi connectivity index (χ3v) is 15.7. The van der Waals surface area contributed by atoms with Crippen LogP contribution >= 0.6 is 11.8 Å². The Labute approximate surface area is 468 Å². The minimum Gasteiger partial charge on any atom is -0.508 e. The molecule has 0 fully saturated rings. The van der Waals surface area contributed by atoms with E-state index in [1.807, 2.05) is 52.8 Å². The lowest BCUT2D eigenvalue weighted by Crippen LogP contribution is -2.24. The molecule has 0 aromatic heterocycles. The molecule has 9 heteroatoms. The molecule has 0 unspecified atom stereocenters. The van der Waals surface area contributed by atoms with Crippen molar-refractivity contribution >= 4 is 23.6 Å². The number of unbranched alkanes of at least 4 members (excludes halogenated alkanes) is 1. The number of amides is 1. The second kappa shape index (κ2) is 32.6. The molecule has 77 heavy (non-hydrogen) atoms. The molecule has 0 aliphatic rings. The van der Waals surface area contributed by atoms with Crippen LogP contribution in [0.2, 0.25) is 0 Å². The Bertz CT molecular complexity index is 2780. The van der Waals surface area contributed by atoms with Crippen LogP contribution in [0.4, 0.5) is 0 Å². The van der Waals surface area contributed by atoms with Crippen LogP contribution in [-0.4, -0.2) is 53.6 Å². The van der Waals surface area contributed by atoms with Crippen molar-refractivity contribution in [1.29, 1.82) is 0 Å². The van der Waals surface area contributed by atoms with Gasteiger partial charge in [-0.2, -0.15) is 0 Å². The maximum Gasteiger partial charge on any atom is 0.306 e. The van der Waals surface area contributed by atoms with Gasteiger partial charge in [-0.05, 0) is 260 Å². The van der Waals surface area contributed by atoms with Crippen molar-refractivity contribution < 1.29 is 34.4 Å². The average molecular weight is 1070 g/mol. The number of rotatable bonds is 19. The molecule has 6 aromatic rings. The van der Waals surface area contributed by atoms with Gasteiger partial charge in [0, 0.05) is 41.7 Å². The van der Waals surface area contributed by atoms with Crippen LogP contribution in [0.25, 0.3) is 0 Å². The summed E-state index contributed by atoms with van der Waals surface area (Å²) in [5.74, 6) is 1.39. The number of aryl methyl sites for hydroxylation is 14. The molecular weight excluding hydrogens is 975 g/mol. The van der Waals surface area contributed by atoms with E-state index in [9.17, 15) is 24.9 Å². The van der Waals surface area contributed by atoms with Crippen LogP contribution in [0.3, 0.4) is 0 Å². The largest absolute Gasteiger partial charge is 0.508 e. The molecule has 0 atom stereocenters. The Morgan fingerprint density at radius 3 is 1.45 bits per heavy atom. The van der Waals surface area contributed by atoms with Crippen LogP contribution < -0.4 is 5.32 Å². The van der Waals surface area contributed by atoms with E-state index < -0.39 is 0 Å². The smallest absolute Gasteiger partial charge is 0.306 e. The van der Waals surface area contributed by atoms with Gasteiger partial charge in [0.2, 0.25) is 5.91 Å². The number of phenols is 3. The lowest BCUT2D eigenvalue weighted by atomic mass is 9.82. The van der Waals surface area contributed by atoms with Gasteiger partial charge < -0.3 is 30.1 Å². The van der Waals surface area contributed by atoms with Crippen molar-refractivity contribution in [1.82, 2.24) is 5.32 Å². The summed E-state index contributed by atoms with van der Waals surface area (Å²) in [6.45, 7) is 37.5. The molecule has 6 rings (SSSR count). The summed E-state index contributed by atoms with van der Waals surface area (Å²) in [6.07, 6.45) is 6.90. The number of nitrogens with one attached hydrogen (secondary N) is 1. The number of esters is 1. The predicted octanol–water partition coefficient (Wildman–Crippen LogP) is 16.6. The summed E-state index contributed by atoms with van der Waals surface area (Å²) in [5, 5.41) is 32.5. The van der Waals surface area contributed by atoms with E-state index in [1.165, 1.54) is 76.6 Å². The van der Waals surface area contributed by atoms with E-state index in [0.29, 0.717) is 55.8 Å². The Morgan fingerprint density at radius 2 is 0.974 bits per heavy atom. The summed E-state index contributed by atoms with van der Waals surface area (Å²) < 4.78 is 10.2. The lowest BCUT2D eigenvalue weighted by Gasteiger charge is -2.23. The van der Waals surface area contributed by atoms with Gasteiger partial charge in [0.15, 0.2) is 0 Å². The van der Waals surface area contributed by atoms with Crippen LogP contribution in [-0.2, 0) is 31.9 Å². The molecule has 0 spiro atoms. The number of hydrogen-bond donors (Lipinski definition) is 4. The van der Waals surface area contributed by atoms with Gasteiger partial charge in [-0.3, -0.25) is 9.59 Å². The Hall–Kier alpha value is -6.03. The molecule has 418 valence electrons. The van der Waals surface area contributed by atoms with E-state index in [4.69, 9.17) is 9.47 Å². The zero-order valence-electron chi connectivity index (χ0n) is 50.0. The van der Waals surface area contributed by atoms with Crippen molar-refractivity contribution in [2.45, 2.75) is 185 Å². The highest BCUT2D eigenvalue weighted by molar-refractivity contribution is 7.99. The van der Waals surface area contributed by atoms with E-state index in [1.54, 1.807) is 11.8 Å². The van der Waals surface area contributed by atoms with E-state index >= 15 is 0 Å². The molecule has 0 aliphatic carbocycles. The summed E-state index contributed by atoms with van der Waals surface area (Å²) >= 11 is 1.77. The van der Waals surface area contributed by atoms with Gasteiger partial charge in [-0.1, -0.05) is 87.0 Å². The quantitative estimate of drug-likeness (QED) is 0.0467. The fourth-order valence-electron chi connectivity index (χ4n) is 8.95. The Kier molecular flexibility index (Phi) is 27.7. The second-order valence-electron chi connectivity index (χ2n) is 20.9. The summed E-state index contributed by atoms with van der Waals surface area (Å²) in [4.78, 5) is 25.6. The Morgan fingerprint density at radius 1 is 0.506 bits per heavy atom. The summed E-state index contributed by atoms with van der Waals surface area (Å²) in [7, 11) is 0. The maximum absolute atomic E-state index is 11.6. The van der Waals surface area contributed by atoms with Crippen LogP contribution in [0.5, 0.6) is 17.2 Å². The second-order valence-corrected chi connectivity index (χ2v) is 22.0. The number of carbonyl (C=O) groups is 2. The molecule has 0 aliphatic heterocycles. The minimum absolute atomic E-state index is 0.157. The Balaban J connectivity index is 0.000000271. The SMILES string of the molecule is CCCC(c1cc(C)c(O)cc1C)c1cc(C)c(O)cc1C.CCCCNC(=O)CCc1cc(C)c(C)c(C)c1.CCOCCOC(=O)CCc1cc(C)c(C)c(C)c1.Cc1ccc(C)c(Sc2cc(C)c(O)cc2C)c1. The summed E-state index contributed by atoms with van der Waals surface area (Å²) in [6, 6.07) is 27.0. The zero-order valence-corrected chi connectivity index (χ0v) is 50.8. The average Bonchev–Trinajstić information content (AvgIpc) is 3.37. The molecule has 4 N–H and O–H groups in total. The van der Waals surface area contributed by atoms with Crippen LogP contribution in [0.15, 0.2) is 88.7 Å². The van der Waals surface area contributed by atoms with Crippen molar-refractivity contribution in [3.05, 3.63) is 179 Å². The van der Waals surface area contributed by atoms with Crippen LogP contribution in [0.1, 0.15) is 165 Å². The van der Waals surface area contributed by atoms with Crippen LogP contribution in [0, 0.1) is 96.9 Å². The summed E-state index contributed by atoms with van der Waals surface area (Å²) in [5.41, 5.74) is 21.5. The highest BCUT2D eigenvalue weighted by Crippen LogP contribution is 2.38. The van der Waals surface area contributed by atoms with Gasteiger partial charge in [0.25, 0.3) is 0 Å². The molecule has 6 aromatic carbocycles. The molecule has 1 amide bonds. The van der Waals surface area contributed by atoms with E-state index in [-0.39, 0.29) is 11.9 Å². The number of ether oxygens (including phenoxy) is 2. The fraction of sp³-hybridized carbons (Fsp3) is 0.441. The van der Waals surface area contributed by atoms with Crippen molar-refractivity contribution in [2.75, 3.05) is 26.4 Å². The monoisotopic (exact) mass is 1070 g/mol. The fourth-order valence-corrected chi connectivity index (χ4v) is 10.1.